The third-order valence-corrected chi connectivity index (χ3v) is 5.27. The first-order valence-corrected chi connectivity index (χ1v) is 10.2. The highest BCUT2D eigenvalue weighted by molar-refractivity contribution is 5.95. The number of nitrogens with one attached hydrogen (secondary N) is 1. The quantitative estimate of drug-likeness (QED) is 0.618. The Morgan fingerprint density at radius 3 is 2.35 bits per heavy atom. The normalized spacial score (nSPS) is 11.4. The minimum absolute atomic E-state index is 0.0636. The molecule has 1 atom stereocenters. The van der Waals surface area contributed by atoms with Crippen molar-refractivity contribution in [3.05, 3.63) is 59.2 Å². The molecule has 2 aromatic carbocycles. The SMILES string of the molecule is CC[C@@H](C)N(CC(=O)Nc1cccc(C)c1C)C(=O)COc1ccc(C(=O)OC)cc1. The van der Waals surface area contributed by atoms with E-state index in [2.05, 4.69) is 10.1 Å². The summed E-state index contributed by atoms with van der Waals surface area (Å²) in [6.45, 7) is 7.51. The maximum atomic E-state index is 12.8. The molecule has 0 spiro atoms. The second-order valence-electron chi connectivity index (χ2n) is 7.38. The lowest BCUT2D eigenvalue weighted by atomic mass is 10.1. The van der Waals surface area contributed by atoms with Crippen LogP contribution in [0, 0.1) is 13.8 Å². The molecule has 0 unspecified atom stereocenters. The van der Waals surface area contributed by atoms with Crippen LogP contribution in [-0.4, -0.2) is 49.0 Å². The van der Waals surface area contributed by atoms with Crippen LogP contribution >= 0.6 is 0 Å². The Kier molecular flexibility index (Phi) is 8.61. The standard InChI is InChI=1S/C24H30N2O5/c1-6-17(3)26(14-22(27)25-21-9-7-8-16(2)18(21)4)23(28)15-31-20-12-10-19(11-13-20)24(29)30-5/h7-13,17H,6,14-15H2,1-5H3,(H,25,27)/t17-/m1/s1. The van der Waals surface area contributed by atoms with Gasteiger partial charge in [0.05, 0.1) is 12.7 Å². The van der Waals surface area contributed by atoms with Crippen molar-refractivity contribution in [2.24, 2.45) is 0 Å². The maximum absolute atomic E-state index is 12.8. The number of hydrogen-bond donors (Lipinski definition) is 1. The zero-order valence-electron chi connectivity index (χ0n) is 18.7. The number of hydrogen-bond acceptors (Lipinski definition) is 5. The predicted molar refractivity (Wildman–Crippen MR) is 119 cm³/mol. The van der Waals surface area contributed by atoms with E-state index in [0.29, 0.717) is 17.7 Å². The second kappa shape index (κ2) is 11.2. The predicted octanol–water partition coefficient (Wildman–Crippen LogP) is 3.73. The molecule has 7 heteroatoms. The molecule has 0 aromatic heterocycles. The van der Waals surface area contributed by atoms with Crippen LogP contribution in [0.1, 0.15) is 41.8 Å². The Hall–Kier alpha value is -3.35. The van der Waals surface area contributed by atoms with Gasteiger partial charge >= 0.3 is 5.97 Å². The first-order valence-electron chi connectivity index (χ1n) is 10.2. The fourth-order valence-corrected chi connectivity index (χ4v) is 2.97. The molecule has 2 amide bonds. The van der Waals surface area contributed by atoms with Gasteiger partial charge in [-0.1, -0.05) is 19.1 Å². The third-order valence-electron chi connectivity index (χ3n) is 5.27. The number of benzene rings is 2. The monoisotopic (exact) mass is 426 g/mol. The molecule has 2 rings (SSSR count). The van der Waals surface area contributed by atoms with Crippen molar-refractivity contribution in [3.63, 3.8) is 0 Å². The zero-order chi connectivity index (χ0) is 23.0. The van der Waals surface area contributed by atoms with Crippen LogP contribution in [0.2, 0.25) is 0 Å². The van der Waals surface area contributed by atoms with Gasteiger partial charge in [-0.15, -0.1) is 0 Å². The third kappa shape index (κ3) is 6.57. The van der Waals surface area contributed by atoms with E-state index in [1.807, 2.05) is 45.9 Å². The zero-order valence-corrected chi connectivity index (χ0v) is 18.7. The molecule has 166 valence electrons. The van der Waals surface area contributed by atoms with Gasteiger partial charge in [0, 0.05) is 11.7 Å². The molecule has 2 aromatic rings. The number of anilines is 1. The van der Waals surface area contributed by atoms with Gasteiger partial charge in [-0.25, -0.2) is 4.79 Å². The summed E-state index contributed by atoms with van der Waals surface area (Å²) >= 11 is 0. The summed E-state index contributed by atoms with van der Waals surface area (Å²) in [5.74, 6) is -0.544. The number of amides is 2. The van der Waals surface area contributed by atoms with E-state index in [9.17, 15) is 14.4 Å². The first kappa shape index (κ1) is 23.9. The van der Waals surface area contributed by atoms with Crippen molar-refractivity contribution in [3.8, 4) is 5.75 Å². The average molecular weight is 427 g/mol. The maximum Gasteiger partial charge on any atom is 0.337 e. The van der Waals surface area contributed by atoms with Crippen molar-refractivity contribution in [1.82, 2.24) is 4.90 Å². The summed E-state index contributed by atoms with van der Waals surface area (Å²) in [6.07, 6.45) is 0.705. The van der Waals surface area contributed by atoms with Gasteiger partial charge in [0.15, 0.2) is 6.61 Å². The molecule has 0 aliphatic carbocycles. The number of rotatable bonds is 9. The summed E-state index contributed by atoms with van der Waals surface area (Å²) in [6, 6.07) is 11.9. The van der Waals surface area contributed by atoms with Gasteiger partial charge in [0.1, 0.15) is 12.3 Å². The van der Waals surface area contributed by atoms with Crippen LogP contribution < -0.4 is 10.1 Å². The molecule has 0 fully saturated rings. The molecule has 0 bridgehead atoms. The van der Waals surface area contributed by atoms with E-state index >= 15 is 0 Å². The van der Waals surface area contributed by atoms with E-state index in [-0.39, 0.29) is 31.0 Å². The number of esters is 1. The van der Waals surface area contributed by atoms with Gasteiger partial charge in [-0.2, -0.15) is 0 Å². The summed E-state index contributed by atoms with van der Waals surface area (Å²) in [5, 5.41) is 2.89. The van der Waals surface area contributed by atoms with Gasteiger partial charge in [0.2, 0.25) is 5.91 Å². The molecule has 0 saturated carbocycles. The molecule has 0 aliphatic heterocycles. The summed E-state index contributed by atoms with van der Waals surface area (Å²) < 4.78 is 10.2. The highest BCUT2D eigenvalue weighted by Gasteiger charge is 2.22. The Balaban J connectivity index is 2.00. The number of ether oxygens (including phenoxy) is 2. The number of nitrogens with zero attached hydrogens (tertiary/aromatic N) is 1. The lowest BCUT2D eigenvalue weighted by Crippen LogP contribution is -2.45. The molecule has 7 nitrogen and oxygen atoms in total. The Morgan fingerprint density at radius 2 is 1.74 bits per heavy atom. The fourth-order valence-electron chi connectivity index (χ4n) is 2.97. The number of aryl methyl sites for hydroxylation is 1. The van der Waals surface area contributed by atoms with E-state index in [1.54, 1.807) is 24.3 Å². The van der Waals surface area contributed by atoms with Gasteiger partial charge in [-0.05, 0) is 68.7 Å². The molecular formula is C24H30N2O5. The minimum Gasteiger partial charge on any atom is -0.484 e. The summed E-state index contributed by atoms with van der Waals surface area (Å²) in [4.78, 5) is 38.4. The molecule has 0 saturated heterocycles. The number of carbonyl (C=O) groups excluding carboxylic acids is 3. The van der Waals surface area contributed by atoms with E-state index < -0.39 is 5.97 Å². The van der Waals surface area contributed by atoms with Crippen LogP contribution in [0.15, 0.2) is 42.5 Å². The van der Waals surface area contributed by atoms with Gasteiger partial charge in [-0.3, -0.25) is 9.59 Å². The topological polar surface area (TPSA) is 84.9 Å². The van der Waals surface area contributed by atoms with Crippen molar-refractivity contribution in [2.75, 3.05) is 25.6 Å². The van der Waals surface area contributed by atoms with Crippen molar-refractivity contribution in [1.29, 1.82) is 0 Å². The largest absolute Gasteiger partial charge is 0.484 e. The number of methoxy groups -OCH3 is 1. The van der Waals surface area contributed by atoms with Crippen LogP contribution in [0.3, 0.4) is 0 Å². The molecule has 0 heterocycles. The molecule has 1 N–H and O–H groups in total. The highest BCUT2D eigenvalue weighted by atomic mass is 16.5. The highest BCUT2D eigenvalue weighted by Crippen LogP contribution is 2.18. The molecule has 0 aliphatic rings. The van der Waals surface area contributed by atoms with Gasteiger partial charge in [0.25, 0.3) is 5.91 Å². The minimum atomic E-state index is -0.444. The molecule has 0 radical (unpaired) electrons. The van der Waals surface area contributed by atoms with Crippen LogP contribution in [-0.2, 0) is 14.3 Å². The van der Waals surface area contributed by atoms with E-state index in [0.717, 1.165) is 16.8 Å². The lowest BCUT2D eigenvalue weighted by molar-refractivity contribution is -0.138. The van der Waals surface area contributed by atoms with Crippen molar-refractivity contribution >= 4 is 23.5 Å². The fraction of sp³-hybridized carbons (Fsp3) is 0.375. The Morgan fingerprint density at radius 1 is 1.06 bits per heavy atom. The molecular weight excluding hydrogens is 396 g/mol. The first-order chi connectivity index (χ1) is 14.8. The van der Waals surface area contributed by atoms with E-state index in [4.69, 9.17) is 4.74 Å². The summed E-state index contributed by atoms with van der Waals surface area (Å²) in [5.41, 5.74) is 3.21. The van der Waals surface area contributed by atoms with Crippen molar-refractivity contribution in [2.45, 2.75) is 40.2 Å². The number of carbonyl (C=O) groups is 3. The van der Waals surface area contributed by atoms with Crippen LogP contribution in [0.4, 0.5) is 5.69 Å². The van der Waals surface area contributed by atoms with Crippen LogP contribution in [0.25, 0.3) is 0 Å². The Labute approximate surface area is 183 Å². The summed E-state index contributed by atoms with van der Waals surface area (Å²) in [7, 11) is 1.31. The average Bonchev–Trinajstić information content (AvgIpc) is 2.78. The van der Waals surface area contributed by atoms with E-state index in [1.165, 1.54) is 12.0 Å². The smallest absolute Gasteiger partial charge is 0.337 e. The van der Waals surface area contributed by atoms with Gasteiger partial charge < -0.3 is 19.7 Å². The van der Waals surface area contributed by atoms with Crippen molar-refractivity contribution < 1.29 is 23.9 Å². The van der Waals surface area contributed by atoms with Crippen LogP contribution in [0.5, 0.6) is 5.75 Å². The lowest BCUT2D eigenvalue weighted by Gasteiger charge is -2.28. The second-order valence-corrected chi connectivity index (χ2v) is 7.38. The molecule has 31 heavy (non-hydrogen) atoms. The Bertz CT molecular complexity index is 924.